The Morgan fingerprint density at radius 2 is 2.28 bits per heavy atom. The van der Waals surface area contributed by atoms with E-state index in [-0.39, 0.29) is 11.1 Å². The molecular weight excluding hydrogens is 272 g/mol. The molecule has 1 aliphatic carbocycles. The second-order valence-corrected chi connectivity index (χ2v) is 5.38. The smallest absolute Gasteiger partial charge is 0.260 e. The minimum Gasteiger partial charge on any atom is -0.296 e. The first-order chi connectivity index (χ1) is 8.74. The lowest BCUT2D eigenvalue weighted by atomic mass is 10.3. The van der Waals surface area contributed by atoms with Crippen LogP contribution in [-0.4, -0.2) is 21.1 Å². The summed E-state index contributed by atoms with van der Waals surface area (Å²) in [6.45, 7) is 0. The maximum absolute atomic E-state index is 11.9. The van der Waals surface area contributed by atoms with Gasteiger partial charge in [0.15, 0.2) is 0 Å². The number of aromatic nitrogens is 3. The zero-order valence-electron chi connectivity index (χ0n) is 9.26. The van der Waals surface area contributed by atoms with E-state index >= 15 is 0 Å². The van der Waals surface area contributed by atoms with Crippen molar-refractivity contribution in [2.24, 2.45) is 0 Å². The summed E-state index contributed by atoms with van der Waals surface area (Å²) in [5.41, 5.74) is 0.335. The van der Waals surface area contributed by atoms with Crippen LogP contribution in [0.4, 0.5) is 5.13 Å². The van der Waals surface area contributed by atoms with Crippen molar-refractivity contribution in [2.45, 2.75) is 18.8 Å². The molecule has 1 amide bonds. The van der Waals surface area contributed by atoms with Crippen LogP contribution in [0.25, 0.3) is 0 Å². The minimum atomic E-state index is -0.313. The number of hydrogen-bond donors (Lipinski definition) is 1. The van der Waals surface area contributed by atoms with Gasteiger partial charge in [0.2, 0.25) is 5.13 Å². The van der Waals surface area contributed by atoms with Gasteiger partial charge >= 0.3 is 0 Å². The van der Waals surface area contributed by atoms with Gasteiger partial charge in [0, 0.05) is 12.1 Å². The minimum absolute atomic E-state index is 0.182. The largest absolute Gasteiger partial charge is 0.296 e. The van der Waals surface area contributed by atoms with Crippen molar-refractivity contribution in [3.05, 3.63) is 34.1 Å². The van der Waals surface area contributed by atoms with Gasteiger partial charge < -0.3 is 0 Å². The highest BCUT2D eigenvalue weighted by atomic mass is 35.5. The van der Waals surface area contributed by atoms with E-state index in [4.69, 9.17) is 11.6 Å². The Balaban J connectivity index is 1.75. The average Bonchev–Trinajstić information content (AvgIpc) is 3.11. The first-order valence-corrected chi connectivity index (χ1v) is 6.69. The molecule has 0 saturated heterocycles. The number of amides is 1. The van der Waals surface area contributed by atoms with Crippen LogP contribution in [0.5, 0.6) is 0 Å². The summed E-state index contributed by atoms with van der Waals surface area (Å²) in [7, 11) is 0. The second-order valence-electron chi connectivity index (χ2n) is 4.02. The van der Waals surface area contributed by atoms with Crippen LogP contribution < -0.4 is 5.32 Å². The topological polar surface area (TPSA) is 67.8 Å². The quantitative estimate of drug-likeness (QED) is 0.878. The molecule has 2 aromatic heterocycles. The summed E-state index contributed by atoms with van der Waals surface area (Å²) >= 11 is 7.26. The number of halogens is 1. The second kappa shape index (κ2) is 4.62. The predicted octanol–water partition coefficient (Wildman–Crippen LogP) is 2.72. The van der Waals surface area contributed by atoms with Gasteiger partial charge in [0.05, 0.1) is 5.56 Å². The highest BCUT2D eigenvalue weighted by molar-refractivity contribution is 7.15. The highest BCUT2D eigenvalue weighted by Crippen LogP contribution is 2.42. The van der Waals surface area contributed by atoms with E-state index in [0.29, 0.717) is 16.6 Å². The van der Waals surface area contributed by atoms with Gasteiger partial charge in [-0.25, -0.2) is 4.98 Å². The summed E-state index contributed by atoms with van der Waals surface area (Å²) in [5, 5.41) is 12.4. The normalized spacial score (nSPS) is 14.5. The summed E-state index contributed by atoms with van der Waals surface area (Å²) < 4.78 is 0. The van der Waals surface area contributed by atoms with Crippen molar-refractivity contribution in [3.8, 4) is 0 Å². The fraction of sp³-hybridized carbons (Fsp3) is 0.273. The zero-order chi connectivity index (χ0) is 12.5. The number of pyridine rings is 1. The van der Waals surface area contributed by atoms with Gasteiger partial charge in [0.25, 0.3) is 5.91 Å². The van der Waals surface area contributed by atoms with Gasteiger partial charge in [-0.15, -0.1) is 10.2 Å². The van der Waals surface area contributed by atoms with Crippen LogP contribution in [-0.2, 0) is 0 Å². The lowest BCUT2D eigenvalue weighted by Gasteiger charge is -2.01. The Hall–Kier alpha value is -1.53. The van der Waals surface area contributed by atoms with Crippen molar-refractivity contribution in [1.29, 1.82) is 0 Å². The molecule has 0 bridgehead atoms. The lowest BCUT2D eigenvalue weighted by molar-refractivity contribution is 0.102. The third kappa shape index (κ3) is 2.34. The monoisotopic (exact) mass is 280 g/mol. The molecule has 2 aromatic rings. The van der Waals surface area contributed by atoms with E-state index in [1.807, 2.05) is 0 Å². The van der Waals surface area contributed by atoms with Crippen LogP contribution in [0.1, 0.15) is 34.1 Å². The molecule has 2 heterocycles. The molecule has 1 N–H and O–H groups in total. The van der Waals surface area contributed by atoms with Gasteiger partial charge in [-0.3, -0.25) is 10.1 Å². The third-order valence-corrected chi connectivity index (χ3v) is 3.89. The van der Waals surface area contributed by atoms with Crippen molar-refractivity contribution in [3.63, 3.8) is 0 Å². The molecule has 1 saturated carbocycles. The average molecular weight is 281 g/mol. The van der Waals surface area contributed by atoms with Crippen LogP contribution in [0.15, 0.2) is 18.3 Å². The Morgan fingerprint density at radius 3 is 3.00 bits per heavy atom. The maximum Gasteiger partial charge on any atom is 0.260 e. The van der Waals surface area contributed by atoms with Crippen molar-refractivity contribution in [1.82, 2.24) is 15.2 Å². The lowest BCUT2D eigenvalue weighted by Crippen LogP contribution is -2.12. The van der Waals surface area contributed by atoms with Gasteiger partial charge in [-0.2, -0.15) is 0 Å². The van der Waals surface area contributed by atoms with Crippen molar-refractivity contribution >= 4 is 34.0 Å². The summed E-state index contributed by atoms with van der Waals surface area (Å²) in [5.74, 6) is 0.224. The van der Waals surface area contributed by atoms with Gasteiger partial charge in [-0.05, 0) is 25.0 Å². The molecule has 18 heavy (non-hydrogen) atoms. The molecule has 7 heteroatoms. The molecule has 0 radical (unpaired) electrons. The molecule has 1 aliphatic rings. The molecule has 5 nitrogen and oxygen atoms in total. The molecule has 0 atom stereocenters. The fourth-order valence-corrected chi connectivity index (χ4v) is 2.61. The molecule has 0 aliphatic heterocycles. The van der Waals surface area contributed by atoms with Crippen LogP contribution in [0.2, 0.25) is 5.15 Å². The third-order valence-electron chi connectivity index (χ3n) is 2.59. The Bertz CT molecular complexity index is 596. The first-order valence-electron chi connectivity index (χ1n) is 5.49. The summed E-state index contributed by atoms with van der Waals surface area (Å²) in [6.07, 6.45) is 3.86. The first kappa shape index (κ1) is 11.6. The molecule has 3 rings (SSSR count). The number of rotatable bonds is 3. The maximum atomic E-state index is 11.9. The van der Waals surface area contributed by atoms with E-state index in [1.54, 1.807) is 12.1 Å². The number of carbonyl (C=O) groups is 1. The van der Waals surface area contributed by atoms with E-state index in [0.717, 1.165) is 17.8 Å². The van der Waals surface area contributed by atoms with E-state index in [1.165, 1.54) is 17.5 Å². The zero-order valence-corrected chi connectivity index (χ0v) is 10.8. The number of anilines is 1. The van der Waals surface area contributed by atoms with Crippen LogP contribution >= 0.6 is 22.9 Å². The molecule has 0 aromatic carbocycles. The number of nitrogens with zero attached hydrogens (tertiary/aromatic N) is 3. The summed E-state index contributed by atoms with van der Waals surface area (Å²) in [6, 6.07) is 3.28. The molecule has 0 spiro atoms. The Morgan fingerprint density at radius 1 is 1.44 bits per heavy atom. The van der Waals surface area contributed by atoms with Crippen LogP contribution in [0, 0.1) is 0 Å². The van der Waals surface area contributed by atoms with Gasteiger partial charge in [-0.1, -0.05) is 22.9 Å². The fourth-order valence-electron chi connectivity index (χ4n) is 1.50. The molecule has 0 unspecified atom stereocenters. The number of carbonyl (C=O) groups excluding carboxylic acids is 1. The SMILES string of the molecule is O=C(Nc1nnc(C2CC2)s1)c1cccnc1Cl. The predicted molar refractivity (Wildman–Crippen MR) is 69.1 cm³/mol. The number of hydrogen-bond acceptors (Lipinski definition) is 5. The summed E-state index contributed by atoms with van der Waals surface area (Å²) in [4.78, 5) is 15.8. The molecule has 1 fully saturated rings. The Kier molecular flexibility index (Phi) is 2.97. The van der Waals surface area contributed by atoms with Crippen LogP contribution in [0.3, 0.4) is 0 Å². The van der Waals surface area contributed by atoms with E-state index < -0.39 is 0 Å². The molecule has 92 valence electrons. The van der Waals surface area contributed by atoms with E-state index in [9.17, 15) is 4.79 Å². The van der Waals surface area contributed by atoms with E-state index in [2.05, 4.69) is 20.5 Å². The van der Waals surface area contributed by atoms with Crippen molar-refractivity contribution in [2.75, 3.05) is 5.32 Å². The standard InChI is InChI=1S/C11H9ClN4OS/c12-8-7(2-1-5-13-8)9(17)14-11-16-15-10(18-11)6-3-4-6/h1-2,5-6H,3-4H2,(H,14,16,17). The number of nitrogens with one attached hydrogen (secondary N) is 1. The van der Waals surface area contributed by atoms with Crippen molar-refractivity contribution < 1.29 is 4.79 Å². The Labute approximate surface area is 112 Å². The molecular formula is C11H9ClN4OS. The highest BCUT2D eigenvalue weighted by Gasteiger charge is 2.27. The van der Waals surface area contributed by atoms with Gasteiger partial charge in [0.1, 0.15) is 10.2 Å².